The molecule has 0 heterocycles. The van der Waals surface area contributed by atoms with Gasteiger partial charge in [-0.15, -0.1) is 0 Å². The van der Waals surface area contributed by atoms with Crippen LogP contribution in [0.15, 0.2) is 28.7 Å². The zero-order valence-electron chi connectivity index (χ0n) is 7.03. The maximum Gasteiger partial charge on any atom is 0.339 e. The summed E-state index contributed by atoms with van der Waals surface area (Å²) in [6.07, 6.45) is -1.21. The predicted molar refractivity (Wildman–Crippen MR) is 51.1 cm³/mol. The normalized spacial score (nSPS) is 12.2. The number of rotatable bonds is 2. The molecule has 70 valence electrons. The van der Waals surface area contributed by atoms with E-state index in [9.17, 15) is 9.90 Å². The number of methoxy groups -OCH3 is 1. The number of aliphatic hydroxyl groups is 1. The first kappa shape index (κ1) is 10.2. The van der Waals surface area contributed by atoms with Crippen molar-refractivity contribution in [3.05, 3.63) is 34.3 Å². The Kier molecular flexibility index (Phi) is 3.45. The topological polar surface area (TPSA) is 46.5 Å². The van der Waals surface area contributed by atoms with E-state index in [1.165, 1.54) is 7.11 Å². The summed E-state index contributed by atoms with van der Waals surface area (Å²) in [7, 11) is 1.24. The SMILES string of the molecule is COC(=O)C(O)c1cccc(Br)c1. The molecule has 3 nitrogen and oxygen atoms in total. The minimum atomic E-state index is -1.21. The summed E-state index contributed by atoms with van der Waals surface area (Å²) in [5.74, 6) is -0.655. The van der Waals surface area contributed by atoms with Gasteiger partial charge in [-0.1, -0.05) is 28.1 Å². The predicted octanol–water partition coefficient (Wildman–Crippen LogP) is 1.66. The molecular weight excluding hydrogens is 236 g/mol. The number of esters is 1. The molecule has 0 saturated carbocycles. The lowest BCUT2D eigenvalue weighted by atomic mass is 10.1. The largest absolute Gasteiger partial charge is 0.467 e. The lowest BCUT2D eigenvalue weighted by molar-refractivity contribution is -0.150. The van der Waals surface area contributed by atoms with E-state index in [-0.39, 0.29) is 0 Å². The molecule has 1 aromatic carbocycles. The Labute approximate surface area is 84.5 Å². The zero-order valence-corrected chi connectivity index (χ0v) is 8.61. The van der Waals surface area contributed by atoms with Gasteiger partial charge in [0.05, 0.1) is 7.11 Å². The van der Waals surface area contributed by atoms with Gasteiger partial charge in [0.1, 0.15) is 0 Å². The van der Waals surface area contributed by atoms with E-state index in [1.54, 1.807) is 18.2 Å². The molecule has 1 N–H and O–H groups in total. The summed E-state index contributed by atoms with van der Waals surface area (Å²) in [6, 6.07) is 6.88. The van der Waals surface area contributed by atoms with Crippen molar-refractivity contribution < 1.29 is 14.6 Å². The van der Waals surface area contributed by atoms with Crippen LogP contribution in [0.25, 0.3) is 0 Å². The van der Waals surface area contributed by atoms with E-state index in [4.69, 9.17) is 0 Å². The molecular formula is C9H9BrO3. The van der Waals surface area contributed by atoms with Gasteiger partial charge in [-0.25, -0.2) is 4.79 Å². The average molecular weight is 245 g/mol. The van der Waals surface area contributed by atoms with Gasteiger partial charge < -0.3 is 9.84 Å². The summed E-state index contributed by atoms with van der Waals surface area (Å²) in [4.78, 5) is 10.9. The van der Waals surface area contributed by atoms with E-state index in [2.05, 4.69) is 20.7 Å². The van der Waals surface area contributed by atoms with Crippen LogP contribution in [0.1, 0.15) is 11.7 Å². The van der Waals surface area contributed by atoms with Crippen LogP contribution < -0.4 is 0 Å². The zero-order chi connectivity index (χ0) is 9.84. The molecule has 13 heavy (non-hydrogen) atoms. The number of halogens is 1. The third kappa shape index (κ3) is 2.54. The first-order valence-electron chi connectivity index (χ1n) is 3.66. The molecule has 0 aliphatic heterocycles. The third-order valence-corrected chi connectivity index (χ3v) is 2.08. The highest BCUT2D eigenvalue weighted by molar-refractivity contribution is 9.10. The van der Waals surface area contributed by atoms with Crippen LogP contribution in [0.3, 0.4) is 0 Å². The van der Waals surface area contributed by atoms with Crippen molar-refractivity contribution in [3.63, 3.8) is 0 Å². The summed E-state index contributed by atoms with van der Waals surface area (Å²) in [5, 5.41) is 9.42. The highest BCUT2D eigenvalue weighted by Crippen LogP contribution is 2.18. The number of carbonyl (C=O) groups excluding carboxylic acids is 1. The molecule has 0 aromatic heterocycles. The highest BCUT2D eigenvalue weighted by atomic mass is 79.9. The molecule has 0 fully saturated rings. The Balaban J connectivity index is 2.88. The molecule has 1 atom stereocenters. The van der Waals surface area contributed by atoms with Gasteiger partial charge in [0.15, 0.2) is 6.10 Å². The molecule has 0 radical (unpaired) electrons. The Bertz CT molecular complexity index is 311. The second kappa shape index (κ2) is 4.39. The number of hydrogen-bond donors (Lipinski definition) is 1. The van der Waals surface area contributed by atoms with Crippen molar-refractivity contribution in [1.29, 1.82) is 0 Å². The first-order valence-corrected chi connectivity index (χ1v) is 4.46. The average Bonchev–Trinajstić information content (AvgIpc) is 2.15. The quantitative estimate of drug-likeness (QED) is 0.806. The minimum Gasteiger partial charge on any atom is -0.467 e. The number of hydrogen-bond acceptors (Lipinski definition) is 3. The van der Waals surface area contributed by atoms with Crippen LogP contribution >= 0.6 is 15.9 Å². The van der Waals surface area contributed by atoms with E-state index in [0.717, 1.165) is 4.47 Å². The first-order chi connectivity index (χ1) is 6.15. The number of ether oxygens (including phenoxy) is 1. The Morgan fingerprint density at radius 2 is 2.31 bits per heavy atom. The van der Waals surface area contributed by atoms with Crippen molar-refractivity contribution in [2.24, 2.45) is 0 Å². The Hall–Kier alpha value is -0.870. The fourth-order valence-electron chi connectivity index (χ4n) is 0.924. The Morgan fingerprint density at radius 3 is 2.85 bits per heavy atom. The van der Waals surface area contributed by atoms with Crippen LogP contribution in [0.5, 0.6) is 0 Å². The van der Waals surface area contributed by atoms with E-state index >= 15 is 0 Å². The standard InChI is InChI=1S/C9H9BrO3/c1-13-9(12)8(11)6-3-2-4-7(10)5-6/h2-5,8,11H,1H3. The van der Waals surface area contributed by atoms with Gasteiger partial charge >= 0.3 is 5.97 Å². The van der Waals surface area contributed by atoms with Gasteiger partial charge in [-0.2, -0.15) is 0 Å². The van der Waals surface area contributed by atoms with Crippen molar-refractivity contribution >= 4 is 21.9 Å². The molecule has 1 unspecified atom stereocenters. The van der Waals surface area contributed by atoms with Gasteiger partial charge in [0, 0.05) is 4.47 Å². The smallest absolute Gasteiger partial charge is 0.339 e. The van der Waals surface area contributed by atoms with Crippen LogP contribution in [-0.4, -0.2) is 18.2 Å². The molecule has 1 aromatic rings. The highest BCUT2D eigenvalue weighted by Gasteiger charge is 2.17. The van der Waals surface area contributed by atoms with E-state index in [1.807, 2.05) is 6.07 Å². The fraction of sp³-hybridized carbons (Fsp3) is 0.222. The number of carbonyl (C=O) groups is 1. The summed E-state index contributed by atoms with van der Waals surface area (Å²) in [5.41, 5.74) is 0.515. The molecule has 1 rings (SSSR count). The van der Waals surface area contributed by atoms with Crippen molar-refractivity contribution in [2.75, 3.05) is 7.11 Å². The monoisotopic (exact) mass is 244 g/mol. The van der Waals surface area contributed by atoms with Crippen molar-refractivity contribution in [2.45, 2.75) is 6.10 Å². The van der Waals surface area contributed by atoms with Crippen molar-refractivity contribution in [1.82, 2.24) is 0 Å². The molecule has 0 bridgehead atoms. The number of benzene rings is 1. The molecule has 4 heteroatoms. The van der Waals surface area contributed by atoms with E-state index in [0.29, 0.717) is 5.56 Å². The van der Waals surface area contributed by atoms with Gasteiger partial charge in [0.25, 0.3) is 0 Å². The third-order valence-electron chi connectivity index (χ3n) is 1.59. The summed E-state index contributed by atoms with van der Waals surface area (Å²) < 4.78 is 5.21. The maximum absolute atomic E-state index is 10.9. The molecule has 0 aliphatic carbocycles. The van der Waals surface area contributed by atoms with Gasteiger partial charge in [-0.3, -0.25) is 0 Å². The minimum absolute atomic E-state index is 0.515. The summed E-state index contributed by atoms with van der Waals surface area (Å²) >= 11 is 3.24. The lowest BCUT2D eigenvalue weighted by Gasteiger charge is -2.08. The summed E-state index contributed by atoms with van der Waals surface area (Å²) in [6.45, 7) is 0. The lowest BCUT2D eigenvalue weighted by Crippen LogP contribution is -2.13. The maximum atomic E-state index is 10.9. The molecule has 0 aliphatic rings. The van der Waals surface area contributed by atoms with Crippen LogP contribution in [-0.2, 0) is 9.53 Å². The molecule has 0 spiro atoms. The second-order valence-electron chi connectivity index (χ2n) is 2.48. The van der Waals surface area contributed by atoms with Gasteiger partial charge in [0.2, 0.25) is 0 Å². The number of aliphatic hydroxyl groups excluding tert-OH is 1. The van der Waals surface area contributed by atoms with Crippen LogP contribution in [0.4, 0.5) is 0 Å². The molecule has 0 saturated heterocycles. The second-order valence-corrected chi connectivity index (χ2v) is 3.40. The van der Waals surface area contributed by atoms with Crippen molar-refractivity contribution in [3.8, 4) is 0 Å². The van der Waals surface area contributed by atoms with Gasteiger partial charge in [-0.05, 0) is 17.7 Å². The fourth-order valence-corrected chi connectivity index (χ4v) is 1.34. The van der Waals surface area contributed by atoms with Crippen LogP contribution in [0.2, 0.25) is 0 Å². The Morgan fingerprint density at radius 1 is 1.62 bits per heavy atom. The van der Waals surface area contributed by atoms with Crippen LogP contribution in [0, 0.1) is 0 Å². The molecule has 0 amide bonds. The van der Waals surface area contributed by atoms with E-state index < -0.39 is 12.1 Å².